The van der Waals surface area contributed by atoms with Crippen molar-refractivity contribution in [1.29, 1.82) is 0 Å². The maximum Gasteiger partial charge on any atom is 0.151 e. The molecule has 1 fully saturated rings. The van der Waals surface area contributed by atoms with E-state index in [1.807, 2.05) is 0 Å². The fourth-order valence-electron chi connectivity index (χ4n) is 2.62. The Morgan fingerprint density at radius 1 is 1.53 bits per heavy atom. The predicted molar refractivity (Wildman–Crippen MR) is 79.6 cm³/mol. The lowest BCUT2D eigenvalue weighted by Crippen LogP contribution is -2.35. The quantitative estimate of drug-likeness (QED) is 0.809. The van der Waals surface area contributed by atoms with Crippen molar-refractivity contribution in [3.8, 4) is 0 Å². The van der Waals surface area contributed by atoms with Gasteiger partial charge in [0.1, 0.15) is 5.82 Å². The van der Waals surface area contributed by atoms with Crippen LogP contribution in [-0.4, -0.2) is 41.0 Å². The first-order chi connectivity index (χ1) is 9.20. The summed E-state index contributed by atoms with van der Waals surface area (Å²) in [4.78, 5) is 10.1. The van der Waals surface area contributed by atoms with Gasteiger partial charge in [-0.15, -0.1) is 0 Å². The maximum absolute atomic E-state index is 6.16. The summed E-state index contributed by atoms with van der Waals surface area (Å²) >= 11 is 6.16. The van der Waals surface area contributed by atoms with Crippen LogP contribution in [0.4, 0.5) is 0 Å². The van der Waals surface area contributed by atoms with E-state index in [1.54, 1.807) is 0 Å². The fraction of sp³-hybridized carbons (Fsp3) is 0.786. The molecule has 0 aromatic carbocycles. The Morgan fingerprint density at radius 3 is 3.05 bits per heavy atom. The summed E-state index contributed by atoms with van der Waals surface area (Å²) in [5, 5.41) is 4.11. The summed E-state index contributed by atoms with van der Waals surface area (Å²) in [6.45, 7) is 5.21. The molecule has 0 bridgehead atoms. The van der Waals surface area contributed by atoms with E-state index in [1.165, 1.54) is 25.8 Å². The number of likely N-dealkylation sites (N-methyl/N-ethyl adjacent to an activating group) is 1. The van der Waals surface area contributed by atoms with Gasteiger partial charge in [0.15, 0.2) is 5.15 Å². The van der Waals surface area contributed by atoms with E-state index in [2.05, 4.69) is 34.2 Å². The Morgan fingerprint density at radius 2 is 2.37 bits per heavy atom. The molecule has 1 aliphatic rings. The Bertz CT molecular complexity index is 391. The number of aryl methyl sites for hydroxylation is 1. The van der Waals surface area contributed by atoms with E-state index in [0.717, 1.165) is 37.4 Å². The smallest absolute Gasteiger partial charge is 0.151 e. The van der Waals surface area contributed by atoms with E-state index < -0.39 is 0 Å². The van der Waals surface area contributed by atoms with Gasteiger partial charge in [-0.2, -0.15) is 0 Å². The molecular weight excluding hydrogens is 260 g/mol. The van der Waals surface area contributed by atoms with Crippen molar-refractivity contribution in [3.05, 3.63) is 16.7 Å². The van der Waals surface area contributed by atoms with E-state index >= 15 is 0 Å². The van der Waals surface area contributed by atoms with Gasteiger partial charge in [0.05, 0.1) is 5.69 Å². The first-order valence-electron chi connectivity index (χ1n) is 7.35. The number of likely N-dealkylation sites (tertiary alicyclic amines) is 1. The van der Waals surface area contributed by atoms with Crippen LogP contribution >= 0.6 is 11.6 Å². The van der Waals surface area contributed by atoms with Crippen LogP contribution in [0.25, 0.3) is 0 Å². The number of rotatable bonds is 7. The second-order valence-corrected chi connectivity index (χ2v) is 5.82. The number of unbranched alkanes of at least 4 members (excludes halogenated alkanes) is 1. The molecule has 5 heteroatoms. The molecule has 1 aliphatic heterocycles. The largest absolute Gasteiger partial charge is 0.344 e. The summed E-state index contributed by atoms with van der Waals surface area (Å²) in [5.41, 5.74) is 1.02. The zero-order valence-corrected chi connectivity index (χ0v) is 12.8. The molecule has 108 valence electrons. The molecule has 1 saturated heterocycles. The van der Waals surface area contributed by atoms with Crippen molar-refractivity contribution < 1.29 is 0 Å². The first-order valence-corrected chi connectivity index (χ1v) is 7.72. The van der Waals surface area contributed by atoms with Crippen molar-refractivity contribution in [2.24, 2.45) is 0 Å². The second-order valence-electron chi connectivity index (χ2n) is 5.46. The lowest BCUT2D eigenvalue weighted by atomic mass is 10.2. The zero-order valence-electron chi connectivity index (χ0n) is 12.0. The number of H-pyrrole nitrogens is 1. The molecule has 0 spiro atoms. The normalized spacial score (nSPS) is 20.3. The highest BCUT2D eigenvalue weighted by Crippen LogP contribution is 2.16. The zero-order chi connectivity index (χ0) is 13.7. The van der Waals surface area contributed by atoms with Crippen molar-refractivity contribution in [2.45, 2.75) is 51.6 Å². The van der Waals surface area contributed by atoms with Crippen LogP contribution in [0.1, 0.15) is 44.1 Å². The minimum absolute atomic E-state index is 0.623. The Balaban J connectivity index is 1.77. The number of halogens is 1. The molecular formula is C14H25ClN4. The highest BCUT2D eigenvalue weighted by Gasteiger charge is 2.20. The number of aromatic amines is 1. The third-order valence-corrected chi connectivity index (χ3v) is 4.21. The molecule has 1 aromatic rings. The van der Waals surface area contributed by atoms with Gasteiger partial charge >= 0.3 is 0 Å². The van der Waals surface area contributed by atoms with Crippen LogP contribution in [-0.2, 0) is 13.0 Å². The third-order valence-electron chi connectivity index (χ3n) is 3.90. The molecule has 2 rings (SSSR count). The van der Waals surface area contributed by atoms with Gasteiger partial charge in [0.25, 0.3) is 0 Å². The third kappa shape index (κ3) is 4.20. The number of nitrogens with one attached hydrogen (secondary N) is 2. The molecule has 4 nitrogen and oxygen atoms in total. The summed E-state index contributed by atoms with van der Waals surface area (Å²) in [7, 11) is 2.20. The molecule has 0 saturated carbocycles. The van der Waals surface area contributed by atoms with Crippen LogP contribution < -0.4 is 5.32 Å². The SMILES string of the molecule is CCCCc1nc(Cl)c(CNCC2CCCN2C)[nH]1. The van der Waals surface area contributed by atoms with Crippen molar-refractivity contribution in [2.75, 3.05) is 20.1 Å². The van der Waals surface area contributed by atoms with Gasteiger partial charge in [0.2, 0.25) is 0 Å². The molecule has 0 radical (unpaired) electrons. The van der Waals surface area contributed by atoms with Gasteiger partial charge in [0, 0.05) is 25.6 Å². The van der Waals surface area contributed by atoms with Gasteiger partial charge in [-0.05, 0) is 32.9 Å². The second kappa shape index (κ2) is 7.27. The van der Waals surface area contributed by atoms with E-state index in [9.17, 15) is 0 Å². The van der Waals surface area contributed by atoms with E-state index in [-0.39, 0.29) is 0 Å². The van der Waals surface area contributed by atoms with Crippen LogP contribution in [0.5, 0.6) is 0 Å². The maximum atomic E-state index is 6.16. The van der Waals surface area contributed by atoms with E-state index in [4.69, 9.17) is 11.6 Å². The minimum Gasteiger partial charge on any atom is -0.344 e. The van der Waals surface area contributed by atoms with Gasteiger partial charge < -0.3 is 15.2 Å². The highest BCUT2D eigenvalue weighted by molar-refractivity contribution is 6.30. The summed E-state index contributed by atoms with van der Waals surface area (Å²) in [5.74, 6) is 1.02. The lowest BCUT2D eigenvalue weighted by Gasteiger charge is -2.19. The summed E-state index contributed by atoms with van der Waals surface area (Å²) < 4.78 is 0. The minimum atomic E-state index is 0.623. The number of hydrogen-bond donors (Lipinski definition) is 2. The Hall–Kier alpha value is -0.580. The van der Waals surface area contributed by atoms with Crippen LogP contribution in [0.3, 0.4) is 0 Å². The van der Waals surface area contributed by atoms with Crippen molar-refractivity contribution in [1.82, 2.24) is 20.2 Å². The standard InChI is InChI=1S/C14H25ClN4/c1-3-4-7-13-17-12(14(15)18-13)10-16-9-11-6-5-8-19(11)2/h11,16H,3-10H2,1-2H3,(H,17,18). The van der Waals surface area contributed by atoms with Crippen molar-refractivity contribution >= 4 is 11.6 Å². The highest BCUT2D eigenvalue weighted by atomic mass is 35.5. The molecule has 2 heterocycles. The Labute approximate surface area is 120 Å². The average Bonchev–Trinajstić information content (AvgIpc) is 2.95. The van der Waals surface area contributed by atoms with Gasteiger partial charge in [-0.3, -0.25) is 0 Å². The summed E-state index contributed by atoms with van der Waals surface area (Å²) in [6.07, 6.45) is 5.93. The molecule has 1 atom stereocenters. The fourth-order valence-corrected chi connectivity index (χ4v) is 2.84. The average molecular weight is 285 g/mol. The molecule has 19 heavy (non-hydrogen) atoms. The molecule has 2 N–H and O–H groups in total. The van der Waals surface area contributed by atoms with E-state index in [0.29, 0.717) is 11.2 Å². The summed E-state index contributed by atoms with van der Waals surface area (Å²) in [6, 6.07) is 0.668. The number of aromatic nitrogens is 2. The van der Waals surface area contributed by atoms with Crippen molar-refractivity contribution in [3.63, 3.8) is 0 Å². The number of nitrogens with zero attached hydrogens (tertiary/aromatic N) is 2. The molecule has 0 aliphatic carbocycles. The van der Waals surface area contributed by atoms with Crippen LogP contribution in [0, 0.1) is 0 Å². The van der Waals surface area contributed by atoms with Gasteiger partial charge in [-0.25, -0.2) is 4.98 Å². The lowest BCUT2D eigenvalue weighted by molar-refractivity contribution is 0.300. The van der Waals surface area contributed by atoms with Crippen LogP contribution in [0.15, 0.2) is 0 Å². The topological polar surface area (TPSA) is 44.0 Å². The van der Waals surface area contributed by atoms with Crippen LogP contribution in [0.2, 0.25) is 5.15 Å². The van der Waals surface area contributed by atoms with Gasteiger partial charge in [-0.1, -0.05) is 24.9 Å². The number of imidazole rings is 1. The molecule has 1 unspecified atom stereocenters. The first kappa shape index (κ1) is 14.8. The predicted octanol–water partition coefficient (Wildman–Crippen LogP) is 2.59. The molecule has 1 aromatic heterocycles. The monoisotopic (exact) mass is 284 g/mol. The molecule has 0 amide bonds. The Kier molecular flexibility index (Phi) is 5.67. The number of hydrogen-bond acceptors (Lipinski definition) is 3.